The quantitative estimate of drug-likeness (QED) is 0.849. The highest BCUT2D eigenvalue weighted by Crippen LogP contribution is 2.27. The second kappa shape index (κ2) is 5.09. The zero-order valence-electron chi connectivity index (χ0n) is 8.10. The highest BCUT2D eigenvalue weighted by molar-refractivity contribution is 7.92. The Morgan fingerprint density at radius 3 is 2.67 bits per heavy atom. The number of methoxy groups -OCH3 is 1. The number of hydrogen-bond acceptors (Lipinski definition) is 4. The Morgan fingerprint density at radius 2 is 2.13 bits per heavy atom. The Hall–Kier alpha value is -0.390. The lowest BCUT2D eigenvalue weighted by atomic mass is 10.3. The SMILES string of the molecule is COc1ccc(Cl)cc1S(=O)(=O)CCS. The minimum Gasteiger partial charge on any atom is -0.495 e. The van der Waals surface area contributed by atoms with Crippen molar-refractivity contribution in [1.82, 2.24) is 0 Å². The van der Waals surface area contributed by atoms with E-state index in [0.717, 1.165) is 0 Å². The zero-order valence-corrected chi connectivity index (χ0v) is 10.6. The average Bonchev–Trinajstić information content (AvgIpc) is 2.17. The van der Waals surface area contributed by atoms with Gasteiger partial charge in [0.15, 0.2) is 9.84 Å². The van der Waals surface area contributed by atoms with E-state index in [2.05, 4.69) is 12.6 Å². The first-order valence-electron chi connectivity index (χ1n) is 4.18. The van der Waals surface area contributed by atoms with Crippen LogP contribution in [0.25, 0.3) is 0 Å². The predicted octanol–water partition coefficient (Wildman–Crippen LogP) is 2.05. The van der Waals surface area contributed by atoms with Gasteiger partial charge in [-0.15, -0.1) is 0 Å². The number of halogens is 1. The molecule has 0 amide bonds. The van der Waals surface area contributed by atoms with Crippen LogP contribution in [-0.4, -0.2) is 27.0 Å². The average molecular weight is 267 g/mol. The predicted molar refractivity (Wildman–Crippen MR) is 63.9 cm³/mol. The number of hydrogen-bond donors (Lipinski definition) is 1. The van der Waals surface area contributed by atoms with Crippen LogP contribution in [0.5, 0.6) is 5.75 Å². The van der Waals surface area contributed by atoms with Crippen LogP contribution in [0.2, 0.25) is 5.02 Å². The minimum absolute atomic E-state index is 0.0349. The maximum atomic E-state index is 11.8. The molecule has 0 fully saturated rings. The fraction of sp³-hybridized carbons (Fsp3) is 0.333. The fourth-order valence-electron chi connectivity index (χ4n) is 1.12. The van der Waals surface area contributed by atoms with Gasteiger partial charge in [0.05, 0.1) is 12.9 Å². The van der Waals surface area contributed by atoms with Crippen LogP contribution < -0.4 is 4.74 Å². The third-order valence-corrected chi connectivity index (χ3v) is 4.31. The van der Waals surface area contributed by atoms with Crippen LogP contribution in [-0.2, 0) is 9.84 Å². The van der Waals surface area contributed by atoms with Gasteiger partial charge in [0, 0.05) is 10.8 Å². The lowest BCUT2D eigenvalue weighted by Gasteiger charge is -2.08. The van der Waals surface area contributed by atoms with Gasteiger partial charge >= 0.3 is 0 Å². The lowest BCUT2D eigenvalue weighted by molar-refractivity contribution is 0.403. The normalized spacial score (nSPS) is 11.4. The van der Waals surface area contributed by atoms with E-state index < -0.39 is 9.84 Å². The second-order valence-electron chi connectivity index (χ2n) is 2.84. The molecule has 0 heterocycles. The van der Waals surface area contributed by atoms with Gasteiger partial charge in [-0.25, -0.2) is 8.42 Å². The first-order valence-corrected chi connectivity index (χ1v) is 6.84. The smallest absolute Gasteiger partial charge is 0.182 e. The van der Waals surface area contributed by atoms with Crippen molar-refractivity contribution in [2.24, 2.45) is 0 Å². The molecule has 0 spiro atoms. The molecule has 0 saturated heterocycles. The Kier molecular flexibility index (Phi) is 4.31. The molecule has 0 N–H and O–H groups in total. The Morgan fingerprint density at radius 1 is 1.47 bits per heavy atom. The molecule has 0 saturated carbocycles. The van der Waals surface area contributed by atoms with E-state index in [1.54, 1.807) is 6.07 Å². The highest BCUT2D eigenvalue weighted by atomic mass is 35.5. The number of benzene rings is 1. The zero-order chi connectivity index (χ0) is 11.5. The Labute approximate surface area is 99.7 Å². The van der Waals surface area contributed by atoms with Crippen molar-refractivity contribution in [3.63, 3.8) is 0 Å². The molecule has 0 aliphatic heterocycles. The number of ether oxygens (including phenoxy) is 1. The summed E-state index contributed by atoms with van der Waals surface area (Å²) in [5.74, 6) is 0.534. The summed E-state index contributed by atoms with van der Waals surface area (Å²) in [5.41, 5.74) is 0. The van der Waals surface area contributed by atoms with Crippen LogP contribution in [0.1, 0.15) is 0 Å². The summed E-state index contributed by atoms with van der Waals surface area (Å²) < 4.78 is 28.5. The summed E-state index contributed by atoms with van der Waals surface area (Å²) in [6.45, 7) is 0. The largest absolute Gasteiger partial charge is 0.495 e. The summed E-state index contributed by atoms with van der Waals surface area (Å²) >= 11 is 9.64. The van der Waals surface area contributed by atoms with Crippen molar-refractivity contribution in [3.8, 4) is 5.75 Å². The minimum atomic E-state index is -3.36. The number of thiol groups is 1. The standard InChI is InChI=1S/C9H11ClO3S2/c1-13-8-3-2-7(10)6-9(8)15(11,12)5-4-14/h2-3,6,14H,4-5H2,1H3. The van der Waals surface area contributed by atoms with Gasteiger partial charge in [-0.05, 0) is 18.2 Å². The molecule has 0 aliphatic rings. The van der Waals surface area contributed by atoms with Crippen molar-refractivity contribution in [2.45, 2.75) is 4.90 Å². The van der Waals surface area contributed by atoms with E-state index in [-0.39, 0.29) is 16.4 Å². The van der Waals surface area contributed by atoms with E-state index in [4.69, 9.17) is 16.3 Å². The van der Waals surface area contributed by atoms with Gasteiger partial charge in [-0.3, -0.25) is 0 Å². The fourth-order valence-corrected chi connectivity index (χ4v) is 3.31. The first-order chi connectivity index (χ1) is 7.01. The summed E-state index contributed by atoms with van der Waals surface area (Å²) in [4.78, 5) is 0.117. The maximum Gasteiger partial charge on any atom is 0.182 e. The topological polar surface area (TPSA) is 43.4 Å². The van der Waals surface area contributed by atoms with Crippen LogP contribution >= 0.6 is 24.2 Å². The molecular weight excluding hydrogens is 256 g/mol. The van der Waals surface area contributed by atoms with Gasteiger partial charge in [-0.2, -0.15) is 12.6 Å². The van der Waals surface area contributed by atoms with Crippen molar-refractivity contribution < 1.29 is 13.2 Å². The van der Waals surface area contributed by atoms with E-state index in [1.165, 1.54) is 19.2 Å². The molecule has 0 radical (unpaired) electrons. The molecular formula is C9H11ClO3S2. The van der Waals surface area contributed by atoms with Crippen LogP contribution in [0.4, 0.5) is 0 Å². The monoisotopic (exact) mass is 266 g/mol. The highest BCUT2D eigenvalue weighted by Gasteiger charge is 2.18. The number of rotatable bonds is 4. The molecule has 0 aromatic heterocycles. The van der Waals surface area contributed by atoms with Gasteiger partial charge in [-0.1, -0.05) is 11.6 Å². The molecule has 1 rings (SSSR count). The van der Waals surface area contributed by atoms with Crippen LogP contribution in [0, 0.1) is 0 Å². The molecule has 6 heteroatoms. The van der Waals surface area contributed by atoms with Gasteiger partial charge in [0.25, 0.3) is 0 Å². The third kappa shape index (κ3) is 3.03. The molecule has 0 aliphatic carbocycles. The van der Waals surface area contributed by atoms with Crippen molar-refractivity contribution >= 4 is 34.1 Å². The Balaban J connectivity index is 3.28. The van der Waals surface area contributed by atoms with Crippen LogP contribution in [0.3, 0.4) is 0 Å². The van der Waals surface area contributed by atoms with Gasteiger partial charge in [0.1, 0.15) is 10.6 Å². The summed E-state index contributed by atoms with van der Waals surface area (Å²) in [5, 5.41) is 0.369. The van der Waals surface area contributed by atoms with E-state index >= 15 is 0 Å². The lowest BCUT2D eigenvalue weighted by Crippen LogP contribution is -2.09. The van der Waals surface area contributed by atoms with E-state index in [0.29, 0.717) is 10.8 Å². The molecule has 3 nitrogen and oxygen atoms in total. The third-order valence-electron chi connectivity index (χ3n) is 1.82. The summed E-state index contributed by atoms with van der Waals surface area (Å²) in [6.07, 6.45) is 0. The summed E-state index contributed by atoms with van der Waals surface area (Å²) in [7, 11) is -1.94. The molecule has 1 aromatic rings. The first kappa shape index (κ1) is 12.7. The molecule has 15 heavy (non-hydrogen) atoms. The van der Waals surface area contributed by atoms with Crippen molar-refractivity contribution in [3.05, 3.63) is 23.2 Å². The Bertz CT molecular complexity index is 443. The van der Waals surface area contributed by atoms with Gasteiger partial charge in [0.2, 0.25) is 0 Å². The second-order valence-corrected chi connectivity index (χ2v) is 5.80. The van der Waals surface area contributed by atoms with E-state index in [1.807, 2.05) is 0 Å². The molecule has 0 unspecified atom stereocenters. The maximum absolute atomic E-state index is 11.8. The van der Waals surface area contributed by atoms with Gasteiger partial charge < -0.3 is 4.74 Å². The molecule has 0 bridgehead atoms. The molecule has 1 aromatic carbocycles. The van der Waals surface area contributed by atoms with Crippen molar-refractivity contribution in [1.29, 1.82) is 0 Å². The molecule has 0 atom stereocenters. The van der Waals surface area contributed by atoms with E-state index in [9.17, 15) is 8.42 Å². The summed E-state index contributed by atoms with van der Waals surface area (Å²) in [6, 6.07) is 4.51. The molecule has 84 valence electrons. The number of sulfone groups is 1. The van der Waals surface area contributed by atoms with Crippen LogP contribution in [0.15, 0.2) is 23.1 Å². The van der Waals surface area contributed by atoms with Crippen molar-refractivity contribution in [2.75, 3.05) is 18.6 Å².